The maximum atomic E-state index is 11.7. The Morgan fingerprint density at radius 1 is 0.875 bits per heavy atom. The molecule has 0 saturated heterocycles. The molecule has 0 spiro atoms. The lowest BCUT2D eigenvalue weighted by atomic mass is 10.1. The van der Waals surface area contributed by atoms with Crippen LogP contribution in [0.5, 0.6) is 0 Å². The van der Waals surface area contributed by atoms with Crippen LogP contribution in [0.2, 0.25) is 0 Å². The summed E-state index contributed by atoms with van der Waals surface area (Å²) < 4.78 is 24.6. The number of amides is 1. The molecule has 0 aromatic carbocycles. The number of carbonyl (C=O) groups excluding carboxylic acids is 3. The molecular weight excluding hydrogens is 430 g/mol. The Bertz CT molecular complexity index is 545. The molecule has 0 aromatic heterocycles. The average Bonchev–Trinajstić information content (AvgIpc) is 2.78. The number of aliphatic carboxylic acids is 1. The van der Waals surface area contributed by atoms with Crippen molar-refractivity contribution in [3.05, 3.63) is 0 Å². The quantitative estimate of drug-likeness (QED) is 0.0885. The Hall–Kier alpha value is -2.32. The predicted molar refractivity (Wildman–Crippen MR) is 111 cm³/mol. The van der Waals surface area contributed by atoms with E-state index in [1.54, 1.807) is 0 Å². The zero-order valence-electron chi connectivity index (χ0n) is 18.6. The van der Waals surface area contributed by atoms with Gasteiger partial charge in [0.2, 0.25) is 11.9 Å². The van der Waals surface area contributed by atoms with E-state index >= 15 is 0 Å². The number of carbonyl (C=O) groups is 4. The topological polar surface area (TPSA) is 185 Å². The molecule has 0 bridgehead atoms. The van der Waals surface area contributed by atoms with Crippen molar-refractivity contribution in [2.45, 2.75) is 31.3 Å². The number of nitrogens with one attached hydrogen (secondary N) is 2. The lowest BCUT2D eigenvalue weighted by molar-refractivity contribution is -0.156. The van der Waals surface area contributed by atoms with Crippen molar-refractivity contribution < 1.29 is 48.0 Å². The van der Waals surface area contributed by atoms with Gasteiger partial charge in [-0.15, -0.1) is 0 Å². The number of carboxylic acid groups (broad SMARTS) is 1. The van der Waals surface area contributed by atoms with Crippen molar-refractivity contribution in [1.29, 1.82) is 0 Å². The van der Waals surface area contributed by atoms with Crippen LogP contribution in [0, 0.1) is 0 Å². The zero-order valence-corrected chi connectivity index (χ0v) is 18.6. The summed E-state index contributed by atoms with van der Waals surface area (Å²) in [4.78, 5) is 46.4. The third-order valence-electron chi connectivity index (χ3n) is 4.02. The van der Waals surface area contributed by atoms with Crippen LogP contribution < -0.4 is 16.4 Å². The summed E-state index contributed by atoms with van der Waals surface area (Å²) in [5.41, 5.74) is 5.28. The number of rotatable bonds is 20. The summed E-state index contributed by atoms with van der Waals surface area (Å²) in [5.74, 6) is -3.42. The lowest BCUT2D eigenvalue weighted by Crippen LogP contribution is -2.52. The maximum Gasteiger partial charge on any atom is 0.334 e. The fraction of sp³-hybridized carbons (Fsp3) is 0.789. The van der Waals surface area contributed by atoms with E-state index in [1.165, 1.54) is 0 Å². The summed E-state index contributed by atoms with van der Waals surface area (Å²) >= 11 is 0. The first kappa shape index (κ1) is 29.7. The molecule has 1 amide bonds. The molecule has 13 nitrogen and oxygen atoms in total. The SMILES string of the molecule is COC(=O)C(NC(CCCCNC(=O)COCCOCCOCCN)C(=O)O)C(=O)OC. The van der Waals surface area contributed by atoms with E-state index in [2.05, 4.69) is 20.1 Å². The number of hydrogen-bond donors (Lipinski definition) is 4. The normalized spacial score (nSPS) is 11.8. The van der Waals surface area contributed by atoms with Crippen LogP contribution in [0.3, 0.4) is 0 Å². The van der Waals surface area contributed by atoms with Crippen LogP contribution in [-0.4, -0.2) is 108 Å². The van der Waals surface area contributed by atoms with Gasteiger partial charge in [-0.3, -0.25) is 14.9 Å². The van der Waals surface area contributed by atoms with Crippen LogP contribution in [0.4, 0.5) is 0 Å². The highest BCUT2D eigenvalue weighted by atomic mass is 16.6. The Kier molecular flexibility index (Phi) is 18.0. The first-order valence-corrected chi connectivity index (χ1v) is 10.2. The molecule has 0 rings (SSSR count). The first-order chi connectivity index (χ1) is 15.4. The van der Waals surface area contributed by atoms with Crippen molar-refractivity contribution in [3.8, 4) is 0 Å². The molecule has 0 heterocycles. The Labute approximate surface area is 187 Å². The van der Waals surface area contributed by atoms with Gasteiger partial charge in [0, 0.05) is 13.1 Å². The van der Waals surface area contributed by atoms with Gasteiger partial charge >= 0.3 is 17.9 Å². The average molecular weight is 466 g/mol. The molecule has 186 valence electrons. The Morgan fingerprint density at radius 3 is 1.97 bits per heavy atom. The number of esters is 2. The molecular formula is C19H35N3O10. The second-order valence-electron chi connectivity index (χ2n) is 6.45. The van der Waals surface area contributed by atoms with Gasteiger partial charge in [0.05, 0.1) is 47.3 Å². The molecule has 1 unspecified atom stereocenters. The Balaban J connectivity index is 3.98. The van der Waals surface area contributed by atoms with E-state index in [1.807, 2.05) is 0 Å². The number of ether oxygens (including phenoxy) is 5. The van der Waals surface area contributed by atoms with Crippen LogP contribution >= 0.6 is 0 Å². The highest BCUT2D eigenvalue weighted by Crippen LogP contribution is 2.04. The van der Waals surface area contributed by atoms with Gasteiger partial charge in [-0.25, -0.2) is 9.59 Å². The lowest BCUT2D eigenvalue weighted by Gasteiger charge is -2.19. The molecule has 0 aliphatic rings. The number of carboxylic acids is 1. The Morgan fingerprint density at radius 2 is 1.44 bits per heavy atom. The van der Waals surface area contributed by atoms with Crippen LogP contribution in [-0.2, 0) is 42.9 Å². The smallest absolute Gasteiger partial charge is 0.334 e. The third-order valence-corrected chi connectivity index (χ3v) is 4.02. The number of hydrogen-bond acceptors (Lipinski definition) is 11. The standard InChI is InChI=1S/C19H35N3O10/c1-28-18(26)16(19(27)29-2)22-14(17(24)25)5-3-4-7-21-15(23)13-32-12-11-31-10-9-30-8-6-20/h14,16,22H,3-13,20H2,1-2H3,(H,21,23)(H,24,25). The van der Waals surface area contributed by atoms with Crippen LogP contribution in [0.15, 0.2) is 0 Å². The molecule has 0 aliphatic carbocycles. The van der Waals surface area contributed by atoms with Crippen molar-refractivity contribution in [2.24, 2.45) is 5.73 Å². The second kappa shape index (κ2) is 19.4. The van der Waals surface area contributed by atoms with Crippen LogP contribution in [0.25, 0.3) is 0 Å². The summed E-state index contributed by atoms with van der Waals surface area (Å²) in [5, 5.41) is 14.4. The highest BCUT2D eigenvalue weighted by Gasteiger charge is 2.33. The minimum Gasteiger partial charge on any atom is -0.480 e. The minimum atomic E-state index is -1.54. The van der Waals surface area contributed by atoms with E-state index in [0.717, 1.165) is 14.2 Å². The molecule has 13 heteroatoms. The molecule has 0 saturated carbocycles. The molecule has 5 N–H and O–H groups in total. The number of nitrogens with two attached hydrogens (primary N) is 1. The van der Waals surface area contributed by atoms with Gasteiger partial charge in [-0.1, -0.05) is 0 Å². The number of methoxy groups -OCH3 is 2. The number of unbranched alkanes of at least 4 members (excludes halogenated alkanes) is 1. The van der Waals surface area contributed by atoms with Crippen molar-refractivity contribution >= 4 is 23.8 Å². The summed E-state index contributed by atoms with van der Waals surface area (Å²) in [7, 11) is 2.16. The fourth-order valence-electron chi connectivity index (χ4n) is 2.39. The largest absolute Gasteiger partial charge is 0.480 e. The van der Waals surface area contributed by atoms with Crippen molar-refractivity contribution in [1.82, 2.24) is 10.6 Å². The van der Waals surface area contributed by atoms with Gasteiger partial charge in [-0.05, 0) is 19.3 Å². The minimum absolute atomic E-state index is 0.119. The predicted octanol–water partition coefficient (Wildman–Crippen LogP) is -1.96. The zero-order chi connectivity index (χ0) is 24.2. The van der Waals surface area contributed by atoms with E-state index in [0.29, 0.717) is 52.4 Å². The maximum absolute atomic E-state index is 11.7. The molecule has 0 radical (unpaired) electrons. The van der Waals surface area contributed by atoms with Gasteiger partial charge in [-0.2, -0.15) is 0 Å². The molecule has 0 aliphatic heterocycles. The van der Waals surface area contributed by atoms with Crippen molar-refractivity contribution in [3.63, 3.8) is 0 Å². The van der Waals surface area contributed by atoms with Crippen LogP contribution in [0.1, 0.15) is 19.3 Å². The first-order valence-electron chi connectivity index (χ1n) is 10.2. The van der Waals surface area contributed by atoms with Gasteiger partial charge in [0.15, 0.2) is 0 Å². The highest BCUT2D eigenvalue weighted by molar-refractivity contribution is 5.99. The monoisotopic (exact) mass is 465 g/mol. The molecule has 0 aromatic rings. The summed E-state index contributed by atoms with van der Waals surface area (Å²) in [6, 6.07) is -2.71. The van der Waals surface area contributed by atoms with Gasteiger partial charge in [0.1, 0.15) is 12.6 Å². The van der Waals surface area contributed by atoms with E-state index in [-0.39, 0.29) is 25.5 Å². The van der Waals surface area contributed by atoms with Gasteiger partial charge in [0.25, 0.3) is 0 Å². The summed E-state index contributed by atoms with van der Waals surface area (Å²) in [6.07, 6.45) is 1.03. The third kappa shape index (κ3) is 14.6. The molecule has 0 fully saturated rings. The van der Waals surface area contributed by atoms with Crippen molar-refractivity contribution in [2.75, 3.05) is 67.0 Å². The summed E-state index contributed by atoms with van der Waals surface area (Å²) in [6.45, 7) is 2.60. The van der Waals surface area contributed by atoms with E-state index < -0.39 is 30.0 Å². The van der Waals surface area contributed by atoms with Gasteiger partial charge < -0.3 is 39.8 Å². The van der Waals surface area contributed by atoms with E-state index in [4.69, 9.17) is 19.9 Å². The molecule has 32 heavy (non-hydrogen) atoms. The second-order valence-corrected chi connectivity index (χ2v) is 6.45. The molecule has 1 atom stereocenters. The van der Waals surface area contributed by atoms with E-state index in [9.17, 15) is 24.3 Å². The fourth-order valence-corrected chi connectivity index (χ4v) is 2.39.